The first-order valence-electron chi connectivity index (χ1n) is 11.2. The summed E-state index contributed by atoms with van der Waals surface area (Å²) in [6, 6.07) is 34.2. The summed E-state index contributed by atoms with van der Waals surface area (Å²) in [6.07, 6.45) is 0. The fourth-order valence-corrected chi connectivity index (χ4v) is 5.32. The van der Waals surface area contributed by atoms with Crippen molar-refractivity contribution in [3.05, 3.63) is 122 Å². The smallest absolute Gasteiger partial charge is 0.258 e. The maximum absolute atomic E-state index is 13.6. The van der Waals surface area contributed by atoms with Gasteiger partial charge in [-0.15, -0.1) is 0 Å². The van der Waals surface area contributed by atoms with Gasteiger partial charge < -0.3 is 4.98 Å². The summed E-state index contributed by atoms with van der Waals surface area (Å²) in [4.78, 5) is 21.7. The minimum Gasteiger partial charge on any atom is -0.321 e. The molecule has 168 valence electrons. The van der Waals surface area contributed by atoms with E-state index in [4.69, 9.17) is 4.98 Å². The predicted octanol–water partition coefficient (Wildman–Crippen LogP) is 8.60. The Kier molecular flexibility index (Phi) is 5.59. The zero-order chi connectivity index (χ0) is 23.9. The van der Waals surface area contributed by atoms with Crippen molar-refractivity contribution in [1.82, 2.24) is 9.97 Å². The van der Waals surface area contributed by atoms with Crippen LogP contribution in [0.2, 0.25) is 0 Å². The first kappa shape index (κ1) is 22.0. The number of aromatic nitrogens is 2. The molecule has 0 radical (unpaired) electrons. The number of hydrogen-bond donors (Lipinski definition) is 1. The van der Waals surface area contributed by atoms with Gasteiger partial charge in [0.25, 0.3) is 5.56 Å². The normalized spacial score (nSPS) is 11.3. The van der Waals surface area contributed by atoms with Crippen LogP contribution in [0.15, 0.2) is 117 Å². The number of halogens is 2. The summed E-state index contributed by atoms with van der Waals surface area (Å²) in [6.45, 7) is 0. The number of hydrogen-bond acceptors (Lipinski definition) is 2. The van der Waals surface area contributed by atoms with Gasteiger partial charge in [-0.3, -0.25) is 4.79 Å². The third kappa shape index (κ3) is 4.01. The highest BCUT2D eigenvalue weighted by atomic mass is 79.9. The van der Waals surface area contributed by atoms with E-state index >= 15 is 0 Å². The second-order valence-corrected chi connectivity index (χ2v) is 10.2. The molecule has 35 heavy (non-hydrogen) atoms. The summed E-state index contributed by atoms with van der Waals surface area (Å²) in [5, 5.41) is 1.98. The highest BCUT2D eigenvalue weighted by Crippen LogP contribution is 2.38. The van der Waals surface area contributed by atoms with Crippen molar-refractivity contribution in [2.45, 2.75) is 0 Å². The van der Waals surface area contributed by atoms with Gasteiger partial charge in [0.2, 0.25) is 0 Å². The van der Waals surface area contributed by atoms with Crippen LogP contribution in [-0.4, -0.2) is 9.97 Å². The Morgan fingerprint density at radius 1 is 0.629 bits per heavy atom. The van der Waals surface area contributed by atoms with Gasteiger partial charge in [0.05, 0.1) is 16.8 Å². The number of pyridine rings is 2. The number of benzene rings is 4. The molecular weight excluding hydrogens is 564 g/mol. The lowest BCUT2D eigenvalue weighted by Crippen LogP contribution is -2.12. The molecule has 1 N–H and O–H groups in total. The second-order valence-electron chi connectivity index (χ2n) is 8.34. The standard InChI is InChI=1S/C30H18Br2N2O/c31-20-11-13-25-23(15-20)22(18-7-3-1-4-8-18)17-27(33-25)29-28(19-9-5-2-6-10-19)24-16-21(32)12-14-26(24)34-30(29)35/h1-17H,(H,34,35). The van der Waals surface area contributed by atoms with E-state index in [9.17, 15) is 4.79 Å². The van der Waals surface area contributed by atoms with Crippen LogP contribution in [0.25, 0.3) is 55.3 Å². The van der Waals surface area contributed by atoms with Crippen molar-refractivity contribution in [1.29, 1.82) is 0 Å². The SMILES string of the molecule is O=c1[nH]c2ccc(Br)cc2c(-c2ccccc2)c1-c1cc(-c2ccccc2)c2cc(Br)ccc2n1. The fraction of sp³-hybridized carbons (Fsp3) is 0. The minimum atomic E-state index is -0.165. The summed E-state index contributed by atoms with van der Waals surface area (Å²) in [5.74, 6) is 0. The molecule has 0 amide bonds. The Balaban J connectivity index is 1.76. The Bertz CT molecular complexity index is 1780. The van der Waals surface area contributed by atoms with Gasteiger partial charge in [-0.1, -0.05) is 92.5 Å². The summed E-state index contributed by atoms with van der Waals surface area (Å²) in [7, 11) is 0. The van der Waals surface area contributed by atoms with Crippen LogP contribution in [0.1, 0.15) is 0 Å². The van der Waals surface area contributed by atoms with Crippen molar-refractivity contribution in [3.8, 4) is 33.5 Å². The van der Waals surface area contributed by atoms with Crippen LogP contribution < -0.4 is 5.56 Å². The van der Waals surface area contributed by atoms with Crippen molar-refractivity contribution in [2.75, 3.05) is 0 Å². The molecule has 0 atom stereocenters. The largest absolute Gasteiger partial charge is 0.321 e. The van der Waals surface area contributed by atoms with E-state index in [1.54, 1.807) is 0 Å². The molecule has 0 bridgehead atoms. The lowest BCUT2D eigenvalue weighted by Gasteiger charge is -2.15. The Labute approximate surface area is 218 Å². The van der Waals surface area contributed by atoms with Gasteiger partial charge in [-0.2, -0.15) is 0 Å². The van der Waals surface area contributed by atoms with Crippen LogP contribution in [0.3, 0.4) is 0 Å². The predicted molar refractivity (Wildman–Crippen MR) is 152 cm³/mol. The van der Waals surface area contributed by atoms with E-state index < -0.39 is 0 Å². The molecular formula is C30H18Br2N2O. The van der Waals surface area contributed by atoms with Crippen molar-refractivity contribution in [3.63, 3.8) is 0 Å². The molecule has 3 nitrogen and oxygen atoms in total. The Morgan fingerprint density at radius 3 is 1.97 bits per heavy atom. The van der Waals surface area contributed by atoms with E-state index in [0.717, 1.165) is 53.0 Å². The highest BCUT2D eigenvalue weighted by molar-refractivity contribution is 9.10. The average molecular weight is 582 g/mol. The van der Waals surface area contributed by atoms with Crippen molar-refractivity contribution < 1.29 is 0 Å². The monoisotopic (exact) mass is 580 g/mol. The molecule has 0 unspecified atom stereocenters. The van der Waals surface area contributed by atoms with Gasteiger partial charge >= 0.3 is 0 Å². The first-order chi connectivity index (χ1) is 17.1. The first-order valence-corrected chi connectivity index (χ1v) is 12.7. The van der Waals surface area contributed by atoms with Crippen LogP contribution in [-0.2, 0) is 0 Å². The van der Waals surface area contributed by atoms with E-state index in [1.807, 2.05) is 84.9 Å². The molecule has 0 spiro atoms. The number of nitrogens with one attached hydrogen (secondary N) is 1. The molecule has 0 aliphatic rings. The average Bonchev–Trinajstić information content (AvgIpc) is 2.88. The van der Waals surface area contributed by atoms with Gasteiger partial charge in [-0.25, -0.2) is 4.98 Å². The number of fused-ring (bicyclic) bond motifs is 2. The maximum Gasteiger partial charge on any atom is 0.258 e. The summed E-state index contributed by atoms with van der Waals surface area (Å²) >= 11 is 7.21. The van der Waals surface area contributed by atoms with E-state index in [-0.39, 0.29) is 5.56 Å². The molecule has 6 rings (SSSR count). The van der Waals surface area contributed by atoms with E-state index in [2.05, 4.69) is 55.0 Å². The Hall–Kier alpha value is -3.54. The van der Waals surface area contributed by atoms with Crippen molar-refractivity contribution >= 4 is 53.7 Å². The van der Waals surface area contributed by atoms with Crippen LogP contribution in [0.4, 0.5) is 0 Å². The zero-order valence-corrected chi connectivity index (χ0v) is 21.6. The molecule has 2 heterocycles. The van der Waals surface area contributed by atoms with Gasteiger partial charge in [-0.05, 0) is 59.2 Å². The van der Waals surface area contributed by atoms with Gasteiger partial charge in [0.1, 0.15) is 0 Å². The summed E-state index contributed by atoms with van der Waals surface area (Å²) < 4.78 is 1.93. The molecule has 5 heteroatoms. The highest BCUT2D eigenvalue weighted by Gasteiger charge is 2.20. The third-order valence-corrected chi connectivity index (χ3v) is 7.14. The molecule has 0 saturated heterocycles. The van der Waals surface area contributed by atoms with Gasteiger partial charge in [0.15, 0.2) is 0 Å². The topological polar surface area (TPSA) is 45.8 Å². The Morgan fingerprint density at radius 2 is 1.26 bits per heavy atom. The lowest BCUT2D eigenvalue weighted by atomic mass is 9.92. The zero-order valence-electron chi connectivity index (χ0n) is 18.4. The van der Waals surface area contributed by atoms with Crippen LogP contribution in [0.5, 0.6) is 0 Å². The minimum absolute atomic E-state index is 0.165. The molecule has 0 fully saturated rings. The van der Waals surface area contributed by atoms with Crippen LogP contribution >= 0.6 is 31.9 Å². The summed E-state index contributed by atoms with van der Waals surface area (Å²) in [5.41, 5.74) is 6.58. The number of H-pyrrole nitrogens is 1. The van der Waals surface area contributed by atoms with E-state index in [0.29, 0.717) is 11.3 Å². The van der Waals surface area contributed by atoms with Crippen LogP contribution in [0, 0.1) is 0 Å². The maximum atomic E-state index is 13.6. The van der Waals surface area contributed by atoms with Gasteiger partial charge in [0, 0.05) is 30.8 Å². The second kappa shape index (κ2) is 8.91. The van der Waals surface area contributed by atoms with E-state index in [1.165, 1.54) is 0 Å². The molecule has 0 aliphatic carbocycles. The number of nitrogens with zero attached hydrogens (tertiary/aromatic N) is 1. The lowest BCUT2D eigenvalue weighted by molar-refractivity contribution is 1.28. The molecule has 4 aromatic carbocycles. The molecule has 0 aliphatic heterocycles. The molecule has 6 aromatic rings. The fourth-order valence-electron chi connectivity index (χ4n) is 4.60. The molecule has 2 aromatic heterocycles. The van der Waals surface area contributed by atoms with Crippen molar-refractivity contribution in [2.24, 2.45) is 0 Å². The quantitative estimate of drug-likeness (QED) is 0.227. The number of rotatable bonds is 3. The third-order valence-electron chi connectivity index (χ3n) is 6.15. The number of aromatic amines is 1. The molecule has 0 saturated carbocycles.